The summed E-state index contributed by atoms with van der Waals surface area (Å²) >= 11 is 0. The van der Waals surface area contributed by atoms with Crippen LogP contribution in [0.2, 0.25) is 0 Å². The SMILES string of the molecule is OCc1c(F)c(F)cc(C(F)(F)F)c1OCc1ccccc1. The Morgan fingerprint density at radius 1 is 1.05 bits per heavy atom. The summed E-state index contributed by atoms with van der Waals surface area (Å²) in [6.07, 6.45) is -4.94. The molecule has 0 unspecified atom stereocenters. The second-order valence-corrected chi connectivity index (χ2v) is 4.46. The number of aliphatic hydroxyl groups excluding tert-OH is 1. The first-order valence-corrected chi connectivity index (χ1v) is 6.20. The molecule has 0 aliphatic heterocycles. The zero-order valence-electron chi connectivity index (χ0n) is 11.1. The van der Waals surface area contributed by atoms with E-state index in [2.05, 4.69) is 0 Å². The Labute approximate surface area is 122 Å². The van der Waals surface area contributed by atoms with Gasteiger partial charge in [-0.1, -0.05) is 30.3 Å². The second-order valence-electron chi connectivity index (χ2n) is 4.46. The second kappa shape index (κ2) is 6.31. The zero-order valence-corrected chi connectivity index (χ0v) is 11.1. The molecule has 0 bridgehead atoms. The summed E-state index contributed by atoms with van der Waals surface area (Å²) in [4.78, 5) is 0. The number of hydrogen-bond acceptors (Lipinski definition) is 2. The van der Waals surface area contributed by atoms with E-state index in [0.717, 1.165) is 0 Å². The van der Waals surface area contributed by atoms with Gasteiger partial charge in [-0.05, 0) is 11.6 Å². The average Bonchev–Trinajstić information content (AvgIpc) is 2.48. The molecule has 22 heavy (non-hydrogen) atoms. The molecule has 0 fully saturated rings. The Morgan fingerprint density at radius 3 is 2.23 bits per heavy atom. The summed E-state index contributed by atoms with van der Waals surface area (Å²) in [5.41, 5.74) is -1.78. The van der Waals surface area contributed by atoms with Crippen LogP contribution in [-0.2, 0) is 19.4 Å². The lowest BCUT2D eigenvalue weighted by molar-refractivity contribution is -0.139. The van der Waals surface area contributed by atoms with Crippen molar-refractivity contribution in [1.29, 1.82) is 0 Å². The Morgan fingerprint density at radius 2 is 1.68 bits per heavy atom. The van der Waals surface area contributed by atoms with Crippen molar-refractivity contribution in [2.45, 2.75) is 19.4 Å². The molecule has 2 aromatic rings. The van der Waals surface area contributed by atoms with Gasteiger partial charge in [-0.3, -0.25) is 0 Å². The molecule has 2 nitrogen and oxygen atoms in total. The largest absolute Gasteiger partial charge is 0.488 e. The third kappa shape index (κ3) is 3.36. The Balaban J connectivity index is 2.45. The van der Waals surface area contributed by atoms with Crippen LogP contribution in [0.4, 0.5) is 22.0 Å². The van der Waals surface area contributed by atoms with Crippen LogP contribution in [0, 0.1) is 11.6 Å². The molecule has 0 amide bonds. The molecule has 0 aliphatic carbocycles. The quantitative estimate of drug-likeness (QED) is 0.862. The Kier molecular flexibility index (Phi) is 4.65. The molecule has 1 N–H and O–H groups in total. The Bertz CT molecular complexity index is 653. The van der Waals surface area contributed by atoms with E-state index < -0.39 is 41.3 Å². The molecule has 0 atom stereocenters. The van der Waals surface area contributed by atoms with Crippen molar-refractivity contribution in [2.24, 2.45) is 0 Å². The van der Waals surface area contributed by atoms with Gasteiger partial charge in [-0.15, -0.1) is 0 Å². The van der Waals surface area contributed by atoms with E-state index in [1.165, 1.54) is 0 Å². The first-order chi connectivity index (χ1) is 10.3. The van der Waals surface area contributed by atoms with Crippen molar-refractivity contribution in [3.63, 3.8) is 0 Å². The summed E-state index contributed by atoms with van der Waals surface area (Å²) in [6, 6.07) is 8.25. The minimum Gasteiger partial charge on any atom is -0.488 e. The van der Waals surface area contributed by atoms with Gasteiger partial charge in [0.1, 0.15) is 17.9 Å². The molecule has 0 radical (unpaired) electrons. The van der Waals surface area contributed by atoms with Gasteiger partial charge in [-0.25, -0.2) is 8.78 Å². The molecular weight excluding hydrogens is 307 g/mol. The van der Waals surface area contributed by atoms with Crippen molar-refractivity contribution in [3.05, 3.63) is 64.7 Å². The van der Waals surface area contributed by atoms with Crippen molar-refractivity contribution < 1.29 is 31.8 Å². The maximum absolute atomic E-state index is 13.6. The zero-order chi connectivity index (χ0) is 16.3. The predicted octanol–water partition coefficient (Wildman–Crippen LogP) is 4.05. The summed E-state index contributed by atoms with van der Waals surface area (Å²) in [7, 11) is 0. The summed E-state index contributed by atoms with van der Waals surface area (Å²) in [6.45, 7) is -1.39. The molecule has 0 aromatic heterocycles. The van der Waals surface area contributed by atoms with Gasteiger partial charge in [0.2, 0.25) is 0 Å². The predicted molar refractivity (Wildman–Crippen MR) is 68.1 cm³/mol. The van der Waals surface area contributed by atoms with E-state index in [0.29, 0.717) is 5.56 Å². The van der Waals surface area contributed by atoms with Crippen molar-refractivity contribution >= 4 is 0 Å². The fraction of sp³-hybridized carbons (Fsp3) is 0.200. The van der Waals surface area contributed by atoms with Gasteiger partial charge in [0.15, 0.2) is 11.6 Å². The van der Waals surface area contributed by atoms with Gasteiger partial charge in [0.25, 0.3) is 0 Å². The highest BCUT2D eigenvalue weighted by Crippen LogP contribution is 2.40. The highest BCUT2D eigenvalue weighted by Gasteiger charge is 2.37. The van der Waals surface area contributed by atoms with Crippen LogP contribution in [0.1, 0.15) is 16.7 Å². The van der Waals surface area contributed by atoms with E-state index in [-0.39, 0.29) is 12.7 Å². The fourth-order valence-electron chi connectivity index (χ4n) is 1.91. The number of aliphatic hydroxyl groups is 1. The number of benzene rings is 2. The molecular formula is C15H11F5O2. The summed E-state index contributed by atoms with van der Waals surface area (Å²) in [5.74, 6) is -4.15. The molecule has 0 saturated heterocycles. The first kappa shape index (κ1) is 16.2. The van der Waals surface area contributed by atoms with Crippen LogP contribution < -0.4 is 4.74 Å². The minimum atomic E-state index is -4.94. The smallest absolute Gasteiger partial charge is 0.420 e. The highest BCUT2D eigenvalue weighted by atomic mass is 19.4. The third-order valence-corrected chi connectivity index (χ3v) is 2.95. The molecule has 2 aromatic carbocycles. The Hall–Kier alpha value is -2.15. The summed E-state index contributed by atoms with van der Waals surface area (Å²) in [5, 5.41) is 9.06. The normalized spacial score (nSPS) is 11.5. The monoisotopic (exact) mass is 318 g/mol. The van der Waals surface area contributed by atoms with Gasteiger partial charge in [0, 0.05) is 0 Å². The van der Waals surface area contributed by atoms with Crippen molar-refractivity contribution in [1.82, 2.24) is 0 Å². The van der Waals surface area contributed by atoms with E-state index >= 15 is 0 Å². The number of ether oxygens (including phenoxy) is 1. The molecule has 118 valence electrons. The number of rotatable bonds is 4. The molecule has 2 rings (SSSR count). The van der Waals surface area contributed by atoms with Gasteiger partial charge in [0.05, 0.1) is 12.2 Å². The van der Waals surface area contributed by atoms with Gasteiger partial charge >= 0.3 is 6.18 Å². The van der Waals surface area contributed by atoms with Crippen LogP contribution in [0.5, 0.6) is 5.75 Å². The fourth-order valence-corrected chi connectivity index (χ4v) is 1.91. The van der Waals surface area contributed by atoms with Crippen LogP contribution in [0.3, 0.4) is 0 Å². The van der Waals surface area contributed by atoms with Crippen LogP contribution in [0.25, 0.3) is 0 Å². The summed E-state index contributed by atoms with van der Waals surface area (Å²) < 4.78 is 70.7. The first-order valence-electron chi connectivity index (χ1n) is 6.20. The van der Waals surface area contributed by atoms with Gasteiger partial charge in [-0.2, -0.15) is 13.2 Å². The van der Waals surface area contributed by atoms with Gasteiger partial charge < -0.3 is 9.84 Å². The third-order valence-electron chi connectivity index (χ3n) is 2.95. The van der Waals surface area contributed by atoms with E-state index in [1.54, 1.807) is 30.3 Å². The molecule has 0 saturated carbocycles. The van der Waals surface area contributed by atoms with Crippen LogP contribution in [-0.4, -0.2) is 5.11 Å². The van der Waals surface area contributed by atoms with E-state index in [1.807, 2.05) is 0 Å². The van der Waals surface area contributed by atoms with Crippen molar-refractivity contribution in [2.75, 3.05) is 0 Å². The lowest BCUT2D eigenvalue weighted by atomic mass is 10.1. The van der Waals surface area contributed by atoms with Crippen molar-refractivity contribution in [3.8, 4) is 5.75 Å². The van der Waals surface area contributed by atoms with E-state index in [9.17, 15) is 22.0 Å². The van der Waals surface area contributed by atoms with E-state index in [4.69, 9.17) is 9.84 Å². The molecule has 0 aliphatic rings. The molecule has 7 heteroatoms. The highest BCUT2D eigenvalue weighted by molar-refractivity contribution is 5.44. The number of halogens is 5. The number of alkyl halides is 3. The van der Waals surface area contributed by atoms with Crippen LogP contribution in [0.15, 0.2) is 36.4 Å². The minimum absolute atomic E-state index is 0.0226. The standard InChI is InChI=1S/C15H11F5O2/c16-12-6-11(15(18,19)20)14(10(7-21)13(12)17)22-8-9-4-2-1-3-5-9/h1-6,21H,7-8H2. The lowest BCUT2D eigenvalue weighted by Gasteiger charge is -2.18. The number of hydrogen-bond donors (Lipinski definition) is 1. The maximum Gasteiger partial charge on any atom is 0.420 e. The maximum atomic E-state index is 13.6. The molecule has 0 spiro atoms. The topological polar surface area (TPSA) is 29.5 Å². The lowest BCUT2D eigenvalue weighted by Crippen LogP contribution is -2.13. The molecule has 0 heterocycles. The van der Waals surface area contributed by atoms with Crippen LogP contribution >= 0.6 is 0 Å². The average molecular weight is 318 g/mol.